The third-order valence-electron chi connectivity index (χ3n) is 2.70. The number of nitrogens with two attached hydrogens (primary N) is 1. The number of fused-ring (bicyclic) bond motifs is 1. The van der Waals surface area contributed by atoms with Gasteiger partial charge in [-0.05, 0) is 49.6 Å². The highest BCUT2D eigenvalue weighted by Gasteiger charge is 2.09. The van der Waals surface area contributed by atoms with E-state index in [2.05, 4.69) is 11.1 Å². The lowest BCUT2D eigenvalue weighted by atomic mass is 10.0. The molecule has 0 aliphatic heterocycles. The molecule has 0 unspecified atom stereocenters. The Labute approximate surface area is 94.3 Å². The van der Waals surface area contributed by atoms with Crippen molar-refractivity contribution in [2.75, 3.05) is 0 Å². The predicted molar refractivity (Wildman–Crippen MR) is 64.5 cm³/mol. The fourth-order valence-corrected chi connectivity index (χ4v) is 2.11. The summed E-state index contributed by atoms with van der Waals surface area (Å²) in [4.78, 5) is 15.4. The summed E-state index contributed by atoms with van der Waals surface area (Å²) in [6, 6.07) is 5.83. The number of pyridine rings is 1. The van der Waals surface area contributed by atoms with E-state index < -0.39 is 5.91 Å². The Hall–Kier alpha value is -1.90. The van der Waals surface area contributed by atoms with E-state index in [-0.39, 0.29) is 0 Å². The van der Waals surface area contributed by atoms with Crippen molar-refractivity contribution < 1.29 is 4.79 Å². The van der Waals surface area contributed by atoms with Crippen LogP contribution in [0.4, 0.5) is 0 Å². The Bertz CT molecular complexity index is 588. The SMILES string of the molecule is Cc1cc(C)c2c(C)cc(C(N)=O)nc2c1. The number of hydrogen-bond acceptors (Lipinski definition) is 2. The Morgan fingerprint density at radius 3 is 2.38 bits per heavy atom. The van der Waals surface area contributed by atoms with Crippen molar-refractivity contribution in [2.45, 2.75) is 20.8 Å². The van der Waals surface area contributed by atoms with E-state index in [9.17, 15) is 4.79 Å². The minimum Gasteiger partial charge on any atom is -0.364 e. The minimum atomic E-state index is -0.482. The number of aryl methyl sites for hydroxylation is 3. The highest BCUT2D eigenvalue weighted by molar-refractivity contribution is 5.95. The second-order valence-corrected chi connectivity index (χ2v) is 4.16. The zero-order valence-corrected chi connectivity index (χ0v) is 9.66. The monoisotopic (exact) mass is 214 g/mol. The summed E-state index contributed by atoms with van der Waals surface area (Å²) in [5, 5.41) is 1.11. The van der Waals surface area contributed by atoms with Crippen LogP contribution >= 0.6 is 0 Å². The minimum absolute atomic E-state index is 0.329. The quantitative estimate of drug-likeness (QED) is 0.791. The first-order valence-electron chi connectivity index (χ1n) is 5.17. The molecule has 0 radical (unpaired) electrons. The molecular weight excluding hydrogens is 200 g/mol. The van der Waals surface area contributed by atoms with E-state index >= 15 is 0 Å². The second-order valence-electron chi connectivity index (χ2n) is 4.16. The maximum atomic E-state index is 11.1. The summed E-state index contributed by atoms with van der Waals surface area (Å²) >= 11 is 0. The molecule has 0 saturated heterocycles. The first kappa shape index (κ1) is 10.6. The van der Waals surface area contributed by atoms with Crippen molar-refractivity contribution in [3.63, 3.8) is 0 Å². The third kappa shape index (κ3) is 1.65. The van der Waals surface area contributed by atoms with E-state index in [1.807, 2.05) is 26.8 Å². The van der Waals surface area contributed by atoms with Crippen LogP contribution in [0.5, 0.6) is 0 Å². The number of hydrogen-bond donors (Lipinski definition) is 1. The summed E-state index contributed by atoms with van der Waals surface area (Å²) in [5.41, 5.74) is 9.77. The number of nitrogens with zero attached hydrogens (tertiary/aromatic N) is 1. The molecule has 1 aromatic heterocycles. The molecule has 0 atom stereocenters. The van der Waals surface area contributed by atoms with E-state index in [1.54, 1.807) is 6.07 Å². The molecule has 1 heterocycles. The number of amides is 1. The van der Waals surface area contributed by atoms with E-state index in [4.69, 9.17) is 5.73 Å². The normalized spacial score (nSPS) is 10.7. The van der Waals surface area contributed by atoms with Crippen LogP contribution in [0.3, 0.4) is 0 Å². The standard InChI is InChI=1S/C13H14N2O/c1-7-4-8(2)12-9(3)6-11(13(14)16)15-10(12)5-7/h4-6H,1-3H3,(H2,14,16). The van der Waals surface area contributed by atoms with E-state index in [0.717, 1.165) is 22.0 Å². The van der Waals surface area contributed by atoms with E-state index in [0.29, 0.717) is 5.69 Å². The van der Waals surface area contributed by atoms with Crippen LogP contribution in [0.2, 0.25) is 0 Å². The van der Waals surface area contributed by atoms with Gasteiger partial charge in [-0.25, -0.2) is 4.98 Å². The van der Waals surface area contributed by atoms with Crippen molar-refractivity contribution in [3.05, 3.63) is 40.6 Å². The molecule has 16 heavy (non-hydrogen) atoms. The Kier molecular flexibility index (Phi) is 2.38. The van der Waals surface area contributed by atoms with Gasteiger partial charge in [-0.3, -0.25) is 4.79 Å². The summed E-state index contributed by atoms with van der Waals surface area (Å²) in [6.07, 6.45) is 0. The molecule has 3 heteroatoms. The van der Waals surface area contributed by atoms with Crippen LogP contribution in [-0.4, -0.2) is 10.9 Å². The predicted octanol–water partition coefficient (Wildman–Crippen LogP) is 2.26. The summed E-state index contributed by atoms with van der Waals surface area (Å²) < 4.78 is 0. The molecule has 0 fully saturated rings. The van der Waals surface area contributed by atoms with Crippen LogP contribution in [0.25, 0.3) is 10.9 Å². The molecule has 0 saturated carbocycles. The largest absolute Gasteiger partial charge is 0.364 e. The van der Waals surface area contributed by atoms with Gasteiger partial charge in [0.15, 0.2) is 0 Å². The van der Waals surface area contributed by atoms with Crippen molar-refractivity contribution in [1.82, 2.24) is 4.98 Å². The van der Waals surface area contributed by atoms with Gasteiger partial charge in [0.25, 0.3) is 5.91 Å². The molecule has 0 bridgehead atoms. The molecule has 1 amide bonds. The van der Waals surface area contributed by atoms with Gasteiger partial charge in [0.1, 0.15) is 5.69 Å². The molecule has 3 nitrogen and oxygen atoms in total. The summed E-state index contributed by atoms with van der Waals surface area (Å²) in [6.45, 7) is 6.03. The zero-order valence-electron chi connectivity index (χ0n) is 9.66. The maximum absolute atomic E-state index is 11.1. The molecule has 82 valence electrons. The Balaban J connectivity index is 2.87. The molecular formula is C13H14N2O. The van der Waals surface area contributed by atoms with Crippen molar-refractivity contribution in [1.29, 1.82) is 0 Å². The molecule has 0 spiro atoms. The first-order chi connectivity index (χ1) is 7.49. The smallest absolute Gasteiger partial charge is 0.267 e. The van der Waals surface area contributed by atoms with Crippen LogP contribution < -0.4 is 5.73 Å². The van der Waals surface area contributed by atoms with Gasteiger partial charge in [0.2, 0.25) is 0 Å². The molecule has 1 aromatic carbocycles. The molecule has 2 rings (SSSR count). The number of carbonyl (C=O) groups is 1. The lowest BCUT2D eigenvalue weighted by molar-refractivity contribution is 0.0996. The van der Waals surface area contributed by atoms with E-state index in [1.165, 1.54) is 5.56 Å². The average Bonchev–Trinajstić information content (AvgIpc) is 2.15. The highest BCUT2D eigenvalue weighted by atomic mass is 16.1. The van der Waals surface area contributed by atoms with Crippen LogP contribution in [-0.2, 0) is 0 Å². The Morgan fingerprint density at radius 1 is 1.12 bits per heavy atom. The number of aromatic nitrogens is 1. The molecule has 2 aromatic rings. The van der Waals surface area contributed by atoms with Crippen LogP contribution in [0.15, 0.2) is 18.2 Å². The Morgan fingerprint density at radius 2 is 1.75 bits per heavy atom. The lowest BCUT2D eigenvalue weighted by Crippen LogP contribution is -2.13. The molecule has 0 aliphatic carbocycles. The lowest BCUT2D eigenvalue weighted by Gasteiger charge is -2.08. The van der Waals surface area contributed by atoms with Gasteiger partial charge in [0.05, 0.1) is 5.52 Å². The second kappa shape index (κ2) is 3.59. The molecule has 2 N–H and O–H groups in total. The fourth-order valence-electron chi connectivity index (χ4n) is 2.11. The van der Waals surface area contributed by atoms with Gasteiger partial charge in [0, 0.05) is 5.39 Å². The van der Waals surface area contributed by atoms with Gasteiger partial charge in [-0.2, -0.15) is 0 Å². The summed E-state index contributed by atoms with van der Waals surface area (Å²) in [7, 11) is 0. The highest BCUT2D eigenvalue weighted by Crippen LogP contribution is 2.23. The fraction of sp³-hybridized carbons (Fsp3) is 0.231. The number of carbonyl (C=O) groups excluding carboxylic acids is 1. The summed E-state index contributed by atoms with van der Waals surface area (Å²) in [5.74, 6) is -0.482. The maximum Gasteiger partial charge on any atom is 0.267 e. The number of primary amides is 1. The average molecular weight is 214 g/mol. The topological polar surface area (TPSA) is 56.0 Å². The number of rotatable bonds is 1. The van der Waals surface area contributed by atoms with Gasteiger partial charge in [-0.15, -0.1) is 0 Å². The number of benzene rings is 1. The van der Waals surface area contributed by atoms with Crippen molar-refractivity contribution in [2.24, 2.45) is 5.73 Å². The van der Waals surface area contributed by atoms with Crippen LogP contribution in [0.1, 0.15) is 27.2 Å². The third-order valence-corrected chi connectivity index (χ3v) is 2.70. The van der Waals surface area contributed by atoms with Crippen LogP contribution in [0, 0.1) is 20.8 Å². The van der Waals surface area contributed by atoms with Crippen molar-refractivity contribution >= 4 is 16.8 Å². The van der Waals surface area contributed by atoms with Gasteiger partial charge >= 0.3 is 0 Å². The molecule has 0 aliphatic rings. The zero-order chi connectivity index (χ0) is 11.9. The van der Waals surface area contributed by atoms with Crippen molar-refractivity contribution in [3.8, 4) is 0 Å². The first-order valence-corrected chi connectivity index (χ1v) is 5.17. The van der Waals surface area contributed by atoms with Gasteiger partial charge in [-0.1, -0.05) is 6.07 Å². The van der Waals surface area contributed by atoms with Gasteiger partial charge < -0.3 is 5.73 Å².